The van der Waals surface area contributed by atoms with Crippen molar-refractivity contribution in [3.8, 4) is 0 Å². The topological polar surface area (TPSA) is 49.4 Å². The van der Waals surface area contributed by atoms with Crippen LogP contribution in [0.1, 0.15) is 9.67 Å². The first-order chi connectivity index (χ1) is 10.4. The van der Waals surface area contributed by atoms with Crippen LogP contribution >= 0.6 is 50.5 Å². The van der Waals surface area contributed by atoms with Gasteiger partial charge in [-0.1, -0.05) is 23.2 Å². The third-order valence-corrected chi connectivity index (χ3v) is 5.07. The van der Waals surface area contributed by atoms with Crippen molar-refractivity contribution < 1.29 is 9.59 Å². The van der Waals surface area contributed by atoms with Crippen LogP contribution in [0.25, 0.3) is 0 Å². The minimum Gasteiger partial charge on any atom is -0.332 e. The van der Waals surface area contributed by atoms with Gasteiger partial charge in [0.25, 0.3) is 5.91 Å². The molecule has 0 aliphatic carbocycles. The molecule has 4 nitrogen and oxygen atoms in total. The second-order valence-electron chi connectivity index (χ2n) is 4.44. The lowest BCUT2D eigenvalue weighted by molar-refractivity contribution is -0.116. The molecule has 0 saturated heterocycles. The van der Waals surface area contributed by atoms with Crippen molar-refractivity contribution in [2.45, 2.75) is 0 Å². The van der Waals surface area contributed by atoms with E-state index >= 15 is 0 Å². The maximum atomic E-state index is 12.1. The minimum absolute atomic E-state index is 0.0609. The van der Waals surface area contributed by atoms with E-state index in [0.717, 1.165) is 3.79 Å². The molecule has 0 atom stereocenters. The predicted octanol–water partition coefficient (Wildman–Crippen LogP) is 4.53. The first-order valence-electron chi connectivity index (χ1n) is 6.12. The maximum absolute atomic E-state index is 12.1. The Kier molecular flexibility index (Phi) is 5.86. The molecule has 1 heterocycles. The van der Waals surface area contributed by atoms with Gasteiger partial charge in [0.1, 0.15) is 0 Å². The second kappa shape index (κ2) is 7.46. The van der Waals surface area contributed by atoms with Gasteiger partial charge < -0.3 is 10.2 Å². The third-order valence-electron chi connectivity index (χ3n) is 2.71. The van der Waals surface area contributed by atoms with E-state index in [4.69, 9.17) is 23.2 Å². The number of carbonyl (C=O) groups is 2. The molecule has 0 fully saturated rings. The Labute approximate surface area is 150 Å². The highest BCUT2D eigenvalue weighted by Gasteiger charge is 2.16. The van der Waals surface area contributed by atoms with Crippen LogP contribution in [-0.4, -0.2) is 30.3 Å². The number of likely N-dealkylation sites (N-methyl/N-ethyl adjacent to an activating group) is 1. The van der Waals surface area contributed by atoms with Gasteiger partial charge in [0.15, 0.2) is 0 Å². The first-order valence-corrected chi connectivity index (χ1v) is 8.49. The lowest BCUT2D eigenvalue weighted by Crippen LogP contribution is -2.34. The average Bonchev–Trinajstić information content (AvgIpc) is 2.88. The molecule has 0 radical (unpaired) electrons. The van der Waals surface area contributed by atoms with Crippen molar-refractivity contribution in [1.82, 2.24) is 4.90 Å². The van der Waals surface area contributed by atoms with Gasteiger partial charge in [-0.05, 0) is 46.3 Å². The van der Waals surface area contributed by atoms with Crippen LogP contribution in [0.4, 0.5) is 5.69 Å². The minimum atomic E-state index is -0.315. The van der Waals surface area contributed by atoms with Gasteiger partial charge in [0.05, 0.1) is 25.3 Å². The van der Waals surface area contributed by atoms with E-state index in [0.29, 0.717) is 20.6 Å². The molecule has 0 spiro atoms. The normalized spacial score (nSPS) is 10.4. The molecular formula is C14H11BrCl2N2O2S. The van der Waals surface area contributed by atoms with Crippen LogP contribution < -0.4 is 5.32 Å². The number of nitrogens with one attached hydrogen (secondary N) is 1. The molecule has 22 heavy (non-hydrogen) atoms. The van der Waals surface area contributed by atoms with Gasteiger partial charge in [-0.2, -0.15) is 0 Å². The zero-order valence-corrected chi connectivity index (χ0v) is 15.3. The molecule has 0 unspecified atom stereocenters. The third kappa shape index (κ3) is 4.46. The Balaban J connectivity index is 1.96. The van der Waals surface area contributed by atoms with Crippen molar-refractivity contribution in [3.05, 3.63) is 49.0 Å². The summed E-state index contributed by atoms with van der Waals surface area (Å²) in [5.41, 5.74) is 0.527. The molecule has 1 aromatic heterocycles. The van der Waals surface area contributed by atoms with E-state index in [1.54, 1.807) is 37.4 Å². The highest BCUT2D eigenvalue weighted by Crippen LogP contribution is 2.25. The fourth-order valence-corrected chi connectivity index (χ4v) is 3.36. The van der Waals surface area contributed by atoms with Gasteiger partial charge in [0, 0.05) is 12.7 Å². The molecule has 0 bridgehead atoms. The molecule has 1 aromatic carbocycles. The number of amides is 2. The Morgan fingerprint density at radius 2 is 1.95 bits per heavy atom. The van der Waals surface area contributed by atoms with Crippen LogP contribution in [-0.2, 0) is 4.79 Å². The van der Waals surface area contributed by atoms with E-state index in [1.807, 2.05) is 0 Å². The summed E-state index contributed by atoms with van der Waals surface area (Å²) in [7, 11) is 1.57. The number of hydrogen-bond donors (Lipinski definition) is 1. The molecule has 1 N–H and O–H groups in total. The molecule has 2 aromatic rings. The molecular weight excluding hydrogens is 411 g/mol. The first kappa shape index (κ1) is 17.3. The van der Waals surface area contributed by atoms with Crippen molar-refractivity contribution in [2.75, 3.05) is 18.9 Å². The number of thiophene rings is 1. The number of hydrogen-bond acceptors (Lipinski definition) is 3. The van der Waals surface area contributed by atoms with Crippen molar-refractivity contribution in [1.29, 1.82) is 0 Å². The molecule has 0 saturated carbocycles. The van der Waals surface area contributed by atoms with E-state index < -0.39 is 0 Å². The summed E-state index contributed by atoms with van der Waals surface area (Å²) in [6.07, 6.45) is 0. The SMILES string of the molecule is CN(CC(=O)Nc1ccc(Cl)c(Cl)c1)C(=O)c1ccc(Br)s1. The molecule has 2 rings (SSSR count). The summed E-state index contributed by atoms with van der Waals surface area (Å²) >= 11 is 16.3. The summed E-state index contributed by atoms with van der Waals surface area (Å²) in [6.45, 7) is -0.0609. The molecule has 0 aliphatic heterocycles. The fourth-order valence-electron chi connectivity index (χ4n) is 1.68. The van der Waals surface area contributed by atoms with Crippen LogP contribution in [0.3, 0.4) is 0 Å². The molecule has 0 aliphatic rings. The van der Waals surface area contributed by atoms with Crippen molar-refractivity contribution >= 4 is 68.0 Å². The summed E-state index contributed by atoms with van der Waals surface area (Å²) in [5.74, 6) is -0.523. The highest BCUT2D eigenvalue weighted by molar-refractivity contribution is 9.11. The van der Waals surface area contributed by atoms with Crippen LogP contribution in [0.2, 0.25) is 10.0 Å². The van der Waals surface area contributed by atoms with E-state index in [1.165, 1.54) is 16.2 Å². The van der Waals surface area contributed by atoms with Gasteiger partial charge in [0.2, 0.25) is 5.91 Å². The van der Waals surface area contributed by atoms with Crippen molar-refractivity contribution in [2.24, 2.45) is 0 Å². The molecule has 8 heteroatoms. The lowest BCUT2D eigenvalue weighted by atomic mass is 10.3. The number of benzene rings is 1. The zero-order chi connectivity index (χ0) is 16.3. The number of carbonyl (C=O) groups excluding carboxylic acids is 2. The lowest BCUT2D eigenvalue weighted by Gasteiger charge is -2.16. The highest BCUT2D eigenvalue weighted by atomic mass is 79.9. The summed E-state index contributed by atoms with van der Waals surface area (Å²) in [5, 5.41) is 3.44. The quantitative estimate of drug-likeness (QED) is 0.788. The Hall–Kier alpha value is -1.08. The van der Waals surface area contributed by atoms with Crippen molar-refractivity contribution in [3.63, 3.8) is 0 Å². The Morgan fingerprint density at radius 3 is 2.55 bits per heavy atom. The second-order valence-corrected chi connectivity index (χ2v) is 7.72. The smallest absolute Gasteiger partial charge is 0.264 e. The monoisotopic (exact) mass is 420 g/mol. The van der Waals surface area contributed by atoms with E-state index in [9.17, 15) is 9.59 Å². The largest absolute Gasteiger partial charge is 0.332 e. The van der Waals surface area contributed by atoms with Crippen LogP contribution in [0.5, 0.6) is 0 Å². The predicted molar refractivity (Wildman–Crippen MR) is 94.1 cm³/mol. The number of nitrogens with zero attached hydrogens (tertiary/aromatic N) is 1. The average molecular weight is 422 g/mol. The van der Waals surface area contributed by atoms with Gasteiger partial charge >= 0.3 is 0 Å². The van der Waals surface area contributed by atoms with Crippen LogP contribution in [0, 0.1) is 0 Å². The molecule has 116 valence electrons. The summed E-state index contributed by atoms with van der Waals surface area (Å²) in [6, 6.07) is 8.30. The maximum Gasteiger partial charge on any atom is 0.264 e. The van der Waals surface area contributed by atoms with Gasteiger partial charge in [-0.25, -0.2) is 0 Å². The summed E-state index contributed by atoms with van der Waals surface area (Å²) < 4.78 is 0.865. The van der Waals surface area contributed by atoms with Gasteiger partial charge in [-0.15, -0.1) is 11.3 Å². The molecule has 2 amide bonds. The Morgan fingerprint density at radius 1 is 1.23 bits per heavy atom. The van der Waals surface area contributed by atoms with E-state index in [2.05, 4.69) is 21.2 Å². The standard InChI is InChI=1S/C14H11BrCl2N2O2S/c1-19(14(21)11-4-5-12(15)22-11)7-13(20)18-8-2-3-9(16)10(17)6-8/h2-6H,7H2,1H3,(H,18,20). The van der Waals surface area contributed by atoms with E-state index in [-0.39, 0.29) is 18.4 Å². The number of halogens is 3. The Bertz CT molecular complexity index is 721. The zero-order valence-electron chi connectivity index (χ0n) is 11.4. The number of anilines is 1. The fraction of sp³-hybridized carbons (Fsp3) is 0.143. The number of rotatable bonds is 4. The summed E-state index contributed by atoms with van der Waals surface area (Å²) in [4.78, 5) is 26.0. The van der Waals surface area contributed by atoms with Crippen LogP contribution in [0.15, 0.2) is 34.1 Å². The van der Waals surface area contributed by atoms with Gasteiger partial charge in [-0.3, -0.25) is 9.59 Å².